The zero-order valence-electron chi connectivity index (χ0n) is 18.8. The summed E-state index contributed by atoms with van der Waals surface area (Å²) >= 11 is 0. The van der Waals surface area contributed by atoms with Gasteiger partial charge < -0.3 is 14.7 Å². The van der Waals surface area contributed by atoms with Gasteiger partial charge in [-0.15, -0.1) is 0 Å². The second-order valence-corrected chi connectivity index (χ2v) is 7.65. The third kappa shape index (κ3) is 7.98. The minimum atomic E-state index is -5.08. The van der Waals surface area contributed by atoms with Crippen LogP contribution < -0.4 is 10.1 Å². The van der Waals surface area contributed by atoms with Crippen LogP contribution >= 0.6 is 0 Å². The van der Waals surface area contributed by atoms with E-state index in [4.69, 9.17) is 14.6 Å². The third-order valence-corrected chi connectivity index (χ3v) is 5.02. The fourth-order valence-corrected chi connectivity index (χ4v) is 3.23. The zero-order chi connectivity index (χ0) is 26.1. The minimum Gasteiger partial charge on any atom is -0.475 e. The molecule has 2 aromatic carbocycles. The maximum absolute atomic E-state index is 14.1. The van der Waals surface area contributed by atoms with Crippen molar-refractivity contribution in [3.8, 4) is 11.5 Å². The molecule has 2 heterocycles. The first-order valence-electron chi connectivity index (χ1n) is 10.7. The van der Waals surface area contributed by atoms with Crippen LogP contribution in [-0.4, -0.2) is 69.5 Å². The van der Waals surface area contributed by atoms with Crippen molar-refractivity contribution in [2.24, 2.45) is 0 Å². The van der Waals surface area contributed by atoms with Crippen molar-refractivity contribution < 1.29 is 37.0 Å². The number of rotatable bonds is 5. The van der Waals surface area contributed by atoms with Gasteiger partial charge in [0.2, 0.25) is 0 Å². The fraction of sp³-hybridized carbons (Fsp3) is 0.261. The van der Waals surface area contributed by atoms with Crippen molar-refractivity contribution in [1.29, 1.82) is 0 Å². The number of aromatic nitrogens is 2. The van der Waals surface area contributed by atoms with Crippen LogP contribution in [0.25, 0.3) is 0 Å². The summed E-state index contributed by atoms with van der Waals surface area (Å²) in [5, 5.41) is 16.4. The Bertz CT molecular complexity index is 1140. The number of ether oxygens (including phenoxy) is 1. The van der Waals surface area contributed by atoms with Gasteiger partial charge in [0.1, 0.15) is 11.6 Å². The summed E-state index contributed by atoms with van der Waals surface area (Å²) in [5.74, 6) is -1.76. The molecule has 0 radical (unpaired) electrons. The van der Waals surface area contributed by atoms with Gasteiger partial charge in [-0.2, -0.15) is 18.3 Å². The number of alkyl halides is 3. The second kappa shape index (κ2) is 12.0. The molecule has 0 saturated carbocycles. The Morgan fingerprint density at radius 2 is 1.72 bits per heavy atom. The van der Waals surface area contributed by atoms with E-state index in [0.717, 1.165) is 18.7 Å². The van der Waals surface area contributed by atoms with Crippen molar-refractivity contribution in [3.63, 3.8) is 0 Å². The highest BCUT2D eigenvalue weighted by molar-refractivity contribution is 5.88. The van der Waals surface area contributed by atoms with E-state index in [1.165, 1.54) is 6.07 Å². The number of carboxylic acids is 1. The lowest BCUT2D eigenvalue weighted by Crippen LogP contribution is -2.49. The Kier molecular flexibility index (Phi) is 8.84. The molecule has 0 aliphatic carbocycles. The van der Waals surface area contributed by atoms with E-state index in [0.29, 0.717) is 31.2 Å². The van der Waals surface area contributed by atoms with Crippen LogP contribution in [0.5, 0.6) is 11.5 Å². The molecule has 1 saturated heterocycles. The number of aliphatic carboxylic acids is 1. The topological polar surface area (TPSA) is 111 Å². The molecule has 1 aromatic heterocycles. The number of nitrogens with one attached hydrogen (secondary N) is 2. The maximum atomic E-state index is 14.1. The van der Waals surface area contributed by atoms with E-state index in [1.807, 2.05) is 18.2 Å². The average Bonchev–Trinajstić information content (AvgIpc) is 3.35. The predicted octanol–water partition coefficient (Wildman–Crippen LogP) is 4.32. The van der Waals surface area contributed by atoms with E-state index < -0.39 is 18.0 Å². The van der Waals surface area contributed by atoms with Gasteiger partial charge in [-0.05, 0) is 29.8 Å². The van der Waals surface area contributed by atoms with Gasteiger partial charge in [-0.1, -0.05) is 24.3 Å². The van der Waals surface area contributed by atoms with E-state index in [-0.39, 0.29) is 11.8 Å². The molecule has 2 amide bonds. The highest BCUT2D eigenvalue weighted by Crippen LogP contribution is 2.26. The number of piperazine rings is 1. The molecule has 1 fully saturated rings. The smallest absolute Gasteiger partial charge is 0.475 e. The molecular formula is C23H23F4N5O4. The molecule has 1 aliphatic rings. The van der Waals surface area contributed by atoms with Crippen LogP contribution in [0, 0.1) is 5.82 Å². The number of H-pyrrole nitrogens is 1. The molecule has 192 valence electrons. The molecule has 1 aliphatic heterocycles. The number of carbonyl (C=O) groups is 2. The Labute approximate surface area is 203 Å². The number of para-hydroxylation sites is 1. The van der Waals surface area contributed by atoms with Gasteiger partial charge in [0.15, 0.2) is 11.6 Å². The zero-order valence-corrected chi connectivity index (χ0v) is 18.8. The molecule has 3 aromatic rings. The Hall–Kier alpha value is -4.13. The lowest BCUT2D eigenvalue weighted by molar-refractivity contribution is -0.192. The van der Waals surface area contributed by atoms with Gasteiger partial charge in [0.25, 0.3) is 0 Å². The molecule has 0 atom stereocenters. The molecule has 36 heavy (non-hydrogen) atoms. The van der Waals surface area contributed by atoms with E-state index in [1.54, 1.807) is 41.4 Å². The molecule has 9 nitrogen and oxygen atoms in total. The standard InChI is InChI=1S/C21H22FN5O2.C2HF3O2/c22-18-7-6-16(14-19(18)29-17-4-2-1-3-5-17)15-26-10-12-27(13-11-26)21(28)24-20-8-9-23-25-20;3-2(4,5)1(6)7/h1-9,14H,10-13,15H2,(H2,23,24,25,28);(H,6,7). The second-order valence-electron chi connectivity index (χ2n) is 7.65. The Morgan fingerprint density at radius 3 is 2.31 bits per heavy atom. The normalized spacial score (nSPS) is 13.9. The van der Waals surface area contributed by atoms with Crippen LogP contribution in [-0.2, 0) is 11.3 Å². The number of aromatic amines is 1. The van der Waals surface area contributed by atoms with Gasteiger partial charge >= 0.3 is 18.2 Å². The maximum Gasteiger partial charge on any atom is 0.490 e. The van der Waals surface area contributed by atoms with Gasteiger partial charge in [0.05, 0.1) is 6.20 Å². The summed E-state index contributed by atoms with van der Waals surface area (Å²) in [6.07, 6.45) is -3.49. The highest BCUT2D eigenvalue weighted by atomic mass is 19.4. The molecule has 3 N–H and O–H groups in total. The molecule has 0 unspecified atom stereocenters. The molecule has 4 rings (SSSR count). The predicted molar refractivity (Wildman–Crippen MR) is 121 cm³/mol. The molecule has 0 spiro atoms. The van der Waals surface area contributed by atoms with E-state index in [2.05, 4.69) is 20.4 Å². The summed E-state index contributed by atoms with van der Waals surface area (Å²) in [5.41, 5.74) is 0.965. The van der Waals surface area contributed by atoms with Crippen molar-refractivity contribution in [3.05, 3.63) is 72.2 Å². The van der Waals surface area contributed by atoms with Crippen LogP contribution in [0.1, 0.15) is 5.56 Å². The quantitative estimate of drug-likeness (QED) is 0.442. The van der Waals surface area contributed by atoms with Crippen LogP contribution in [0.2, 0.25) is 0 Å². The number of amides is 2. The highest BCUT2D eigenvalue weighted by Gasteiger charge is 2.38. The third-order valence-electron chi connectivity index (χ3n) is 5.02. The Morgan fingerprint density at radius 1 is 1.06 bits per heavy atom. The fourth-order valence-electron chi connectivity index (χ4n) is 3.23. The first-order valence-corrected chi connectivity index (χ1v) is 10.7. The number of benzene rings is 2. The lowest BCUT2D eigenvalue weighted by atomic mass is 10.1. The number of urea groups is 1. The van der Waals surface area contributed by atoms with Crippen molar-refractivity contribution in [1.82, 2.24) is 20.0 Å². The van der Waals surface area contributed by atoms with Crippen LogP contribution in [0.4, 0.5) is 28.2 Å². The van der Waals surface area contributed by atoms with Gasteiger partial charge in [0, 0.05) is 38.8 Å². The summed E-state index contributed by atoms with van der Waals surface area (Å²) < 4.78 is 51.5. The number of hydrogen-bond donors (Lipinski definition) is 3. The summed E-state index contributed by atoms with van der Waals surface area (Å²) in [4.78, 5) is 25.2. The molecular weight excluding hydrogens is 486 g/mol. The van der Waals surface area contributed by atoms with Gasteiger partial charge in [-0.25, -0.2) is 14.0 Å². The molecule has 13 heteroatoms. The summed E-state index contributed by atoms with van der Waals surface area (Å²) in [6.45, 7) is 3.38. The molecule has 0 bridgehead atoms. The Balaban J connectivity index is 0.000000454. The van der Waals surface area contributed by atoms with E-state index >= 15 is 0 Å². The summed E-state index contributed by atoms with van der Waals surface area (Å²) in [7, 11) is 0. The first kappa shape index (κ1) is 26.5. The number of carboxylic acid groups (broad SMARTS) is 1. The van der Waals surface area contributed by atoms with Crippen LogP contribution in [0.15, 0.2) is 60.8 Å². The lowest BCUT2D eigenvalue weighted by Gasteiger charge is -2.34. The van der Waals surface area contributed by atoms with Crippen molar-refractivity contribution in [2.45, 2.75) is 12.7 Å². The SMILES string of the molecule is O=C(Nc1ccn[nH]1)N1CCN(Cc2ccc(F)c(Oc3ccccc3)c2)CC1.O=C(O)C(F)(F)F. The number of hydrogen-bond acceptors (Lipinski definition) is 5. The number of nitrogens with zero attached hydrogens (tertiary/aromatic N) is 3. The summed E-state index contributed by atoms with van der Waals surface area (Å²) in [6, 6.07) is 15.7. The van der Waals surface area contributed by atoms with Crippen molar-refractivity contribution >= 4 is 17.8 Å². The van der Waals surface area contributed by atoms with Gasteiger partial charge in [-0.3, -0.25) is 15.3 Å². The number of carbonyl (C=O) groups excluding carboxylic acids is 1. The number of anilines is 1. The minimum absolute atomic E-state index is 0.144. The number of halogens is 4. The van der Waals surface area contributed by atoms with Crippen LogP contribution in [0.3, 0.4) is 0 Å². The monoisotopic (exact) mass is 509 g/mol. The van der Waals surface area contributed by atoms with E-state index in [9.17, 15) is 22.4 Å². The largest absolute Gasteiger partial charge is 0.490 e. The average molecular weight is 509 g/mol. The van der Waals surface area contributed by atoms with Crippen molar-refractivity contribution in [2.75, 3.05) is 31.5 Å². The first-order chi connectivity index (χ1) is 17.1.